The predicted octanol–water partition coefficient (Wildman–Crippen LogP) is 0.405. The lowest BCUT2D eigenvalue weighted by Crippen LogP contribution is -2.03. The molecule has 0 fully saturated rings. The molecule has 0 aromatic carbocycles. The van der Waals surface area contributed by atoms with Crippen LogP contribution in [0, 0.1) is 6.54 Å². The van der Waals surface area contributed by atoms with E-state index in [-0.39, 0.29) is 0 Å². The molecule has 0 aromatic heterocycles. The first-order valence-electron chi connectivity index (χ1n) is 2.60. The van der Waals surface area contributed by atoms with Gasteiger partial charge in [-0.05, 0) is 6.08 Å². The van der Waals surface area contributed by atoms with E-state index in [2.05, 4.69) is 6.58 Å². The van der Waals surface area contributed by atoms with Gasteiger partial charge in [0.1, 0.15) is 0 Å². The van der Waals surface area contributed by atoms with Crippen LogP contribution in [0.15, 0.2) is 12.7 Å². The first-order chi connectivity index (χ1) is 3.93. The summed E-state index contributed by atoms with van der Waals surface area (Å²) in [5.74, 6) is 0. The smallest absolute Gasteiger partial charge is 0.324 e. The van der Waals surface area contributed by atoms with Crippen molar-refractivity contribution in [1.82, 2.24) is 0 Å². The van der Waals surface area contributed by atoms with E-state index in [0.29, 0.717) is 0 Å². The van der Waals surface area contributed by atoms with Crippen molar-refractivity contribution < 1.29 is 9.31 Å². The van der Waals surface area contributed by atoms with Crippen molar-refractivity contribution in [2.45, 2.75) is 0 Å². The van der Waals surface area contributed by atoms with E-state index in [1.165, 1.54) is 0 Å². The Morgan fingerprint density at radius 1 is 1.75 bits per heavy atom. The van der Waals surface area contributed by atoms with Gasteiger partial charge in [0.05, 0.1) is 0 Å². The summed E-state index contributed by atoms with van der Waals surface area (Å²) in [5, 5.41) is 0. The molecule has 0 aromatic rings. The van der Waals surface area contributed by atoms with Gasteiger partial charge in [0, 0.05) is 0 Å². The lowest BCUT2D eigenvalue weighted by Gasteiger charge is -1.81. The molecule has 43 valence electrons. The topological polar surface area (TPSA) is 12.2 Å². The summed E-state index contributed by atoms with van der Waals surface area (Å²) >= 11 is 0. The number of nitrogens with zero attached hydrogens (tertiary/aromatic N) is 1. The fraction of sp³-hybridized carbons (Fsp3) is 0.333. The van der Waals surface area contributed by atoms with E-state index in [0.717, 1.165) is 13.2 Å². The second-order valence-electron chi connectivity index (χ2n) is 1.60. The van der Waals surface area contributed by atoms with Crippen molar-refractivity contribution in [3.63, 3.8) is 0 Å². The molecule has 0 atom stereocenters. The third-order valence-electron chi connectivity index (χ3n) is 0.974. The molecular formula is C6H9NO+. The van der Waals surface area contributed by atoms with E-state index >= 15 is 0 Å². The highest BCUT2D eigenvalue weighted by atomic mass is 16.5. The highest BCUT2D eigenvalue weighted by molar-refractivity contribution is 5.40. The highest BCUT2D eigenvalue weighted by Gasteiger charge is 2.08. The molecule has 0 bridgehead atoms. The monoisotopic (exact) mass is 111 g/mol. The van der Waals surface area contributed by atoms with Crippen molar-refractivity contribution in [3.05, 3.63) is 19.2 Å². The second kappa shape index (κ2) is 2.50. The van der Waals surface area contributed by atoms with Crippen LogP contribution in [-0.2, 0) is 4.74 Å². The van der Waals surface area contributed by atoms with Crippen molar-refractivity contribution in [1.29, 1.82) is 0 Å². The van der Waals surface area contributed by atoms with Gasteiger partial charge >= 0.3 is 6.40 Å². The normalized spacial score (nSPS) is 17.2. The van der Waals surface area contributed by atoms with Crippen LogP contribution < -0.4 is 0 Å². The maximum Gasteiger partial charge on any atom is 0.324 e. The van der Waals surface area contributed by atoms with Gasteiger partial charge in [0.25, 0.3) is 0 Å². The van der Waals surface area contributed by atoms with Gasteiger partial charge in [-0.3, -0.25) is 0 Å². The molecule has 2 heteroatoms. The van der Waals surface area contributed by atoms with Gasteiger partial charge in [0.15, 0.2) is 13.2 Å². The van der Waals surface area contributed by atoms with Crippen LogP contribution in [0.1, 0.15) is 0 Å². The van der Waals surface area contributed by atoms with E-state index in [9.17, 15) is 0 Å². The van der Waals surface area contributed by atoms with Crippen LogP contribution in [0.2, 0.25) is 0 Å². The van der Waals surface area contributed by atoms with Crippen molar-refractivity contribution in [2.75, 3.05) is 13.2 Å². The van der Waals surface area contributed by atoms with Crippen LogP contribution in [-0.4, -0.2) is 24.1 Å². The molecule has 2 nitrogen and oxygen atoms in total. The lowest BCUT2D eigenvalue weighted by molar-refractivity contribution is -0.465. The van der Waals surface area contributed by atoms with Crippen molar-refractivity contribution in [2.24, 2.45) is 0 Å². The Kier molecular flexibility index (Phi) is 1.67. The maximum absolute atomic E-state index is 4.93. The zero-order chi connectivity index (χ0) is 5.82. The Hall–Kier alpha value is -0.790. The molecule has 1 radical (unpaired) electrons. The first-order valence-corrected chi connectivity index (χ1v) is 2.60. The Bertz CT molecular complexity index is 118. The van der Waals surface area contributed by atoms with Gasteiger partial charge in [-0.15, -0.1) is 0 Å². The van der Waals surface area contributed by atoms with Crippen LogP contribution >= 0.6 is 0 Å². The fourth-order valence-electron chi connectivity index (χ4n) is 0.604. The molecular weight excluding hydrogens is 102 g/mol. The summed E-state index contributed by atoms with van der Waals surface area (Å²) in [6.07, 6.45) is 3.44. The molecule has 0 amide bonds. The molecule has 1 aliphatic rings. The van der Waals surface area contributed by atoms with E-state index in [4.69, 9.17) is 4.74 Å². The van der Waals surface area contributed by atoms with E-state index in [1.807, 2.05) is 11.1 Å². The van der Waals surface area contributed by atoms with Gasteiger partial charge < -0.3 is 4.74 Å². The maximum atomic E-state index is 4.93. The number of ether oxygens (including phenoxy) is 1. The molecule has 1 aliphatic heterocycles. The van der Waals surface area contributed by atoms with E-state index in [1.54, 1.807) is 12.5 Å². The highest BCUT2D eigenvalue weighted by Crippen LogP contribution is 1.88. The minimum absolute atomic E-state index is 0.796. The Balaban J connectivity index is 2.33. The summed E-state index contributed by atoms with van der Waals surface area (Å²) in [4.78, 5) is 0. The zero-order valence-electron chi connectivity index (χ0n) is 4.71. The summed E-state index contributed by atoms with van der Waals surface area (Å²) in [5.41, 5.74) is 0. The summed E-state index contributed by atoms with van der Waals surface area (Å²) in [6, 6.07) is 0. The van der Waals surface area contributed by atoms with Crippen LogP contribution in [0.3, 0.4) is 0 Å². The summed E-state index contributed by atoms with van der Waals surface area (Å²) in [7, 11) is 0. The average Bonchev–Trinajstić information content (AvgIpc) is 2.19. The van der Waals surface area contributed by atoms with Gasteiger partial charge in [-0.25, -0.2) is 0 Å². The molecule has 0 N–H and O–H groups in total. The van der Waals surface area contributed by atoms with Gasteiger partial charge in [0.2, 0.25) is 6.54 Å². The minimum Gasteiger partial charge on any atom is -0.444 e. The molecule has 0 spiro atoms. The third-order valence-corrected chi connectivity index (χ3v) is 0.974. The largest absolute Gasteiger partial charge is 0.444 e. The number of hydrogen-bond donors (Lipinski definition) is 0. The lowest BCUT2D eigenvalue weighted by atomic mass is 10.6. The molecule has 0 unspecified atom stereocenters. The molecule has 1 heterocycles. The SMILES string of the molecule is C=C[CH][N+]1=COCC1. The fourth-order valence-corrected chi connectivity index (χ4v) is 0.604. The van der Waals surface area contributed by atoms with Crippen LogP contribution in [0.4, 0.5) is 0 Å². The molecule has 0 saturated carbocycles. The zero-order valence-corrected chi connectivity index (χ0v) is 4.71. The Labute approximate surface area is 49.1 Å². The van der Waals surface area contributed by atoms with Gasteiger partial charge in [-0.2, -0.15) is 4.58 Å². The van der Waals surface area contributed by atoms with Crippen LogP contribution in [0.25, 0.3) is 0 Å². The molecule has 8 heavy (non-hydrogen) atoms. The van der Waals surface area contributed by atoms with E-state index < -0.39 is 0 Å². The van der Waals surface area contributed by atoms with Crippen LogP contribution in [0.5, 0.6) is 0 Å². The Morgan fingerprint density at radius 3 is 3.12 bits per heavy atom. The molecule has 1 rings (SSSR count). The average molecular weight is 111 g/mol. The van der Waals surface area contributed by atoms with Gasteiger partial charge in [-0.1, -0.05) is 6.58 Å². The first kappa shape index (κ1) is 5.35. The standard InChI is InChI=1S/C6H9NO/c1-2-3-7-4-5-8-6-7/h2-3,6H,1,4-5H2/q+1. The Morgan fingerprint density at radius 2 is 2.62 bits per heavy atom. The quantitative estimate of drug-likeness (QED) is 0.470. The third kappa shape index (κ3) is 1.09. The summed E-state index contributed by atoms with van der Waals surface area (Å²) < 4.78 is 6.88. The van der Waals surface area contributed by atoms with Crippen molar-refractivity contribution >= 4 is 6.40 Å². The molecule has 0 aliphatic carbocycles. The second-order valence-corrected chi connectivity index (χ2v) is 1.60. The molecule has 0 saturated heterocycles. The number of hydrogen-bond acceptors (Lipinski definition) is 1. The minimum atomic E-state index is 0.796. The van der Waals surface area contributed by atoms with Crippen molar-refractivity contribution in [3.8, 4) is 0 Å². The summed E-state index contributed by atoms with van der Waals surface area (Å²) in [6.45, 7) is 7.18. The predicted molar refractivity (Wildman–Crippen MR) is 31.6 cm³/mol. The number of rotatable bonds is 2.